The van der Waals surface area contributed by atoms with Crippen LogP contribution in [0, 0.1) is 6.92 Å². The summed E-state index contributed by atoms with van der Waals surface area (Å²) in [5, 5.41) is 7.16. The summed E-state index contributed by atoms with van der Waals surface area (Å²) in [6.07, 6.45) is 2.88. The van der Waals surface area contributed by atoms with E-state index in [-0.39, 0.29) is 5.28 Å². The summed E-state index contributed by atoms with van der Waals surface area (Å²) in [6.45, 7) is 1.98. The number of aromatic nitrogens is 6. The van der Waals surface area contributed by atoms with Gasteiger partial charge in [-0.3, -0.25) is 0 Å². The molecule has 0 spiro atoms. The molecule has 0 saturated heterocycles. The van der Waals surface area contributed by atoms with Gasteiger partial charge in [0.2, 0.25) is 11.2 Å². The first kappa shape index (κ1) is 13.9. The van der Waals surface area contributed by atoms with Crippen molar-refractivity contribution in [3.63, 3.8) is 0 Å². The number of hydrogen-bond donors (Lipinski definition) is 1. The molecule has 0 fully saturated rings. The molecule has 106 valence electrons. The molecule has 0 aliphatic carbocycles. The normalized spacial score (nSPS) is 10.6. The van der Waals surface area contributed by atoms with Crippen LogP contribution in [0.2, 0.25) is 5.28 Å². The fourth-order valence-corrected chi connectivity index (χ4v) is 2.19. The predicted molar refractivity (Wildman–Crippen MR) is 81.9 cm³/mol. The van der Waals surface area contributed by atoms with E-state index in [2.05, 4.69) is 46.3 Å². The average molecular weight is 367 g/mol. The summed E-state index contributed by atoms with van der Waals surface area (Å²) in [5.41, 5.74) is 1.91. The quantitative estimate of drug-likeness (QED) is 0.767. The molecule has 0 aliphatic rings. The van der Waals surface area contributed by atoms with Gasteiger partial charge in [0.1, 0.15) is 12.7 Å². The van der Waals surface area contributed by atoms with Crippen LogP contribution in [0.4, 0.5) is 11.6 Å². The first-order valence-corrected chi connectivity index (χ1v) is 7.09. The smallest absolute Gasteiger partial charge is 0.258 e. The van der Waals surface area contributed by atoms with Gasteiger partial charge in [0.25, 0.3) is 5.95 Å². The van der Waals surface area contributed by atoms with Crippen molar-refractivity contribution in [1.29, 1.82) is 0 Å². The average Bonchev–Trinajstić information content (AvgIpc) is 2.97. The van der Waals surface area contributed by atoms with Gasteiger partial charge in [-0.15, -0.1) is 0 Å². The molecule has 0 saturated carbocycles. The minimum absolute atomic E-state index is 0.0747. The maximum absolute atomic E-state index is 5.93. The Kier molecular flexibility index (Phi) is 3.80. The molecule has 2 aromatic heterocycles. The number of rotatable bonds is 3. The van der Waals surface area contributed by atoms with Crippen LogP contribution in [-0.2, 0) is 0 Å². The zero-order chi connectivity index (χ0) is 14.8. The van der Waals surface area contributed by atoms with Gasteiger partial charge in [-0.05, 0) is 36.2 Å². The topological polar surface area (TPSA) is 81.4 Å². The zero-order valence-corrected chi connectivity index (χ0v) is 13.2. The van der Waals surface area contributed by atoms with E-state index in [1.807, 2.05) is 25.1 Å². The Morgan fingerprint density at radius 3 is 2.86 bits per heavy atom. The van der Waals surface area contributed by atoms with Crippen LogP contribution in [0.1, 0.15) is 5.56 Å². The highest BCUT2D eigenvalue weighted by molar-refractivity contribution is 9.10. The van der Waals surface area contributed by atoms with E-state index in [1.165, 1.54) is 17.3 Å². The van der Waals surface area contributed by atoms with Crippen molar-refractivity contribution in [2.45, 2.75) is 6.92 Å². The van der Waals surface area contributed by atoms with Gasteiger partial charge in [-0.2, -0.15) is 24.7 Å². The molecule has 0 bridgehead atoms. The summed E-state index contributed by atoms with van der Waals surface area (Å²) < 4.78 is 2.40. The lowest BCUT2D eigenvalue weighted by Gasteiger charge is -2.10. The highest BCUT2D eigenvalue weighted by Crippen LogP contribution is 2.25. The summed E-state index contributed by atoms with van der Waals surface area (Å²) in [4.78, 5) is 16.2. The number of nitrogens with zero attached hydrogens (tertiary/aromatic N) is 6. The van der Waals surface area contributed by atoms with Crippen molar-refractivity contribution < 1.29 is 0 Å². The van der Waals surface area contributed by atoms with Gasteiger partial charge < -0.3 is 5.32 Å². The van der Waals surface area contributed by atoms with Crippen LogP contribution in [0.25, 0.3) is 5.95 Å². The Morgan fingerprint density at radius 2 is 2.10 bits per heavy atom. The van der Waals surface area contributed by atoms with E-state index in [0.717, 1.165) is 15.7 Å². The van der Waals surface area contributed by atoms with Crippen molar-refractivity contribution in [2.75, 3.05) is 5.32 Å². The first-order valence-electron chi connectivity index (χ1n) is 5.92. The van der Waals surface area contributed by atoms with Crippen LogP contribution in [0.5, 0.6) is 0 Å². The third-order valence-electron chi connectivity index (χ3n) is 2.73. The lowest BCUT2D eigenvalue weighted by Crippen LogP contribution is -2.07. The third kappa shape index (κ3) is 3.01. The number of anilines is 2. The molecule has 3 aromatic rings. The van der Waals surface area contributed by atoms with Crippen LogP contribution >= 0.6 is 27.5 Å². The molecular weight excluding hydrogens is 358 g/mol. The van der Waals surface area contributed by atoms with Crippen molar-refractivity contribution >= 4 is 39.2 Å². The fraction of sp³-hybridized carbons (Fsp3) is 0.0833. The predicted octanol–water partition coefficient (Wildman–Crippen LogP) is 2.92. The van der Waals surface area contributed by atoms with Crippen LogP contribution < -0.4 is 5.32 Å². The first-order chi connectivity index (χ1) is 10.1. The summed E-state index contributed by atoms with van der Waals surface area (Å²) >= 11 is 9.41. The molecular formula is C12H9BrClN7. The Morgan fingerprint density at radius 1 is 1.24 bits per heavy atom. The molecule has 9 heteroatoms. The van der Waals surface area contributed by atoms with Gasteiger partial charge in [0, 0.05) is 10.2 Å². The Bertz CT molecular complexity index is 775. The molecule has 0 aliphatic heterocycles. The molecule has 2 heterocycles. The fourth-order valence-electron chi connectivity index (χ4n) is 1.67. The highest BCUT2D eigenvalue weighted by Gasteiger charge is 2.09. The minimum Gasteiger partial charge on any atom is -0.324 e. The second kappa shape index (κ2) is 5.74. The molecule has 0 unspecified atom stereocenters. The van der Waals surface area contributed by atoms with E-state index in [9.17, 15) is 0 Å². The lowest BCUT2D eigenvalue weighted by molar-refractivity contribution is 0.796. The van der Waals surface area contributed by atoms with E-state index in [1.54, 1.807) is 0 Å². The van der Waals surface area contributed by atoms with Gasteiger partial charge in [-0.1, -0.05) is 22.0 Å². The van der Waals surface area contributed by atoms with Crippen molar-refractivity contribution in [3.8, 4) is 5.95 Å². The molecule has 21 heavy (non-hydrogen) atoms. The molecule has 0 radical (unpaired) electrons. The number of benzene rings is 1. The molecule has 0 atom stereocenters. The lowest BCUT2D eigenvalue weighted by atomic mass is 10.2. The summed E-state index contributed by atoms with van der Waals surface area (Å²) in [5.74, 6) is 0.629. The van der Waals surface area contributed by atoms with Crippen LogP contribution in [0.3, 0.4) is 0 Å². The van der Waals surface area contributed by atoms with E-state index >= 15 is 0 Å². The molecule has 0 amide bonds. The minimum atomic E-state index is 0.0747. The van der Waals surface area contributed by atoms with Gasteiger partial charge in [-0.25, -0.2) is 4.98 Å². The number of hydrogen-bond acceptors (Lipinski definition) is 6. The molecule has 1 aromatic carbocycles. The molecule has 7 nitrogen and oxygen atoms in total. The van der Waals surface area contributed by atoms with Crippen molar-refractivity contribution in [3.05, 3.63) is 46.2 Å². The summed E-state index contributed by atoms with van der Waals surface area (Å²) in [6, 6.07) is 5.80. The largest absolute Gasteiger partial charge is 0.324 e. The summed E-state index contributed by atoms with van der Waals surface area (Å²) in [7, 11) is 0. The Labute approximate surface area is 133 Å². The number of nitrogens with one attached hydrogen (secondary N) is 1. The SMILES string of the molecule is Cc1c(Br)cccc1Nc1nc(Cl)nc(-n2cncn2)n1. The van der Waals surface area contributed by atoms with Gasteiger partial charge >= 0.3 is 0 Å². The Hall–Kier alpha value is -2.06. The second-order valence-corrected chi connectivity index (χ2v) is 5.30. The van der Waals surface area contributed by atoms with Crippen molar-refractivity contribution in [1.82, 2.24) is 29.7 Å². The maximum atomic E-state index is 5.93. The van der Waals surface area contributed by atoms with Crippen LogP contribution in [-0.4, -0.2) is 29.7 Å². The van der Waals surface area contributed by atoms with Gasteiger partial charge in [0.05, 0.1) is 0 Å². The second-order valence-electron chi connectivity index (χ2n) is 4.11. The van der Waals surface area contributed by atoms with Crippen LogP contribution in [0.15, 0.2) is 35.3 Å². The van der Waals surface area contributed by atoms with E-state index in [4.69, 9.17) is 11.6 Å². The van der Waals surface area contributed by atoms with E-state index < -0.39 is 0 Å². The van der Waals surface area contributed by atoms with E-state index in [0.29, 0.717) is 11.9 Å². The zero-order valence-electron chi connectivity index (χ0n) is 10.8. The molecule has 3 rings (SSSR count). The third-order valence-corrected chi connectivity index (χ3v) is 3.76. The maximum Gasteiger partial charge on any atom is 0.258 e. The standard InChI is InChI=1S/C12H9BrClN7/c1-7-8(13)3-2-4-9(7)17-11-18-10(14)19-12(20-11)21-6-15-5-16-21/h2-6H,1H3,(H,17,18,19,20). The molecule has 1 N–H and O–H groups in total. The highest BCUT2D eigenvalue weighted by atomic mass is 79.9. The number of halogens is 2. The van der Waals surface area contributed by atoms with Crippen molar-refractivity contribution in [2.24, 2.45) is 0 Å². The monoisotopic (exact) mass is 365 g/mol. The van der Waals surface area contributed by atoms with Gasteiger partial charge in [0.15, 0.2) is 0 Å². The Balaban J connectivity index is 1.98.